The topological polar surface area (TPSA) is 58.6 Å². The summed E-state index contributed by atoms with van der Waals surface area (Å²) in [4.78, 5) is 24.1. The highest BCUT2D eigenvalue weighted by Gasteiger charge is 2.27. The average molecular weight is 198 g/mol. The molecule has 0 saturated heterocycles. The van der Waals surface area contributed by atoms with Crippen molar-refractivity contribution in [2.75, 3.05) is 21.2 Å². The minimum Gasteiger partial charge on any atom is -0.469 e. The third-order valence-electron chi connectivity index (χ3n) is 2.02. The summed E-state index contributed by atoms with van der Waals surface area (Å²) in [6.45, 7) is 0. The zero-order valence-electron chi connectivity index (χ0n) is 8.53. The van der Waals surface area contributed by atoms with Crippen LogP contribution >= 0.6 is 0 Å². The van der Waals surface area contributed by atoms with Gasteiger partial charge in [-0.25, -0.2) is 0 Å². The van der Waals surface area contributed by atoms with E-state index < -0.39 is 6.04 Å². The van der Waals surface area contributed by atoms with Crippen LogP contribution in [0.3, 0.4) is 0 Å². The molecule has 1 atom stereocenters. The second-order valence-electron chi connectivity index (χ2n) is 3.30. The van der Waals surface area contributed by atoms with Crippen LogP contribution in [0, 0.1) is 0 Å². The monoisotopic (exact) mass is 198 g/mol. The Kier molecular flexibility index (Phi) is 3.11. The van der Waals surface area contributed by atoms with Crippen molar-refractivity contribution in [3.05, 3.63) is 11.9 Å². The highest BCUT2D eigenvalue weighted by Crippen LogP contribution is 2.10. The fourth-order valence-electron chi connectivity index (χ4n) is 1.19. The summed E-state index contributed by atoms with van der Waals surface area (Å²) >= 11 is 0. The normalized spacial score (nSPS) is 20.1. The van der Waals surface area contributed by atoms with E-state index >= 15 is 0 Å². The molecule has 0 aromatic heterocycles. The Labute approximate surface area is 82.7 Å². The number of ketones is 1. The van der Waals surface area contributed by atoms with Gasteiger partial charge in [-0.1, -0.05) is 0 Å². The maximum atomic E-state index is 11.4. The van der Waals surface area contributed by atoms with Gasteiger partial charge in [-0.3, -0.25) is 9.59 Å². The second-order valence-corrected chi connectivity index (χ2v) is 3.30. The van der Waals surface area contributed by atoms with Crippen molar-refractivity contribution in [2.45, 2.75) is 12.5 Å². The van der Waals surface area contributed by atoms with Gasteiger partial charge in [0.05, 0.1) is 13.5 Å². The van der Waals surface area contributed by atoms with E-state index in [2.05, 4.69) is 10.1 Å². The zero-order chi connectivity index (χ0) is 10.7. The smallest absolute Gasteiger partial charge is 0.308 e. The van der Waals surface area contributed by atoms with Crippen molar-refractivity contribution in [3.8, 4) is 0 Å². The van der Waals surface area contributed by atoms with Crippen molar-refractivity contribution in [1.29, 1.82) is 0 Å². The summed E-state index contributed by atoms with van der Waals surface area (Å²) in [5, 5.41) is 2.94. The number of carbonyl (C=O) groups is 2. The van der Waals surface area contributed by atoms with Gasteiger partial charge < -0.3 is 15.0 Å². The van der Waals surface area contributed by atoms with Crippen LogP contribution in [0.4, 0.5) is 0 Å². The lowest BCUT2D eigenvalue weighted by Gasteiger charge is -2.16. The van der Waals surface area contributed by atoms with E-state index in [-0.39, 0.29) is 18.2 Å². The Balaban J connectivity index is 2.55. The Morgan fingerprint density at radius 3 is 2.71 bits per heavy atom. The predicted molar refractivity (Wildman–Crippen MR) is 50.3 cm³/mol. The van der Waals surface area contributed by atoms with E-state index in [1.807, 2.05) is 14.1 Å². The molecule has 1 heterocycles. The molecule has 78 valence electrons. The minimum absolute atomic E-state index is 0.0726. The average Bonchev–Trinajstić information content (AvgIpc) is 2.48. The largest absolute Gasteiger partial charge is 0.469 e. The number of ether oxygens (including phenoxy) is 1. The molecule has 0 amide bonds. The van der Waals surface area contributed by atoms with Gasteiger partial charge in [-0.05, 0) is 0 Å². The minimum atomic E-state index is -0.472. The van der Waals surface area contributed by atoms with Gasteiger partial charge in [0.25, 0.3) is 0 Å². The summed E-state index contributed by atoms with van der Waals surface area (Å²) in [6.07, 6.45) is 1.57. The van der Waals surface area contributed by atoms with Gasteiger partial charge in [0.1, 0.15) is 11.9 Å². The molecule has 1 rings (SSSR count). The number of carbonyl (C=O) groups excluding carboxylic acids is 2. The molecular weight excluding hydrogens is 184 g/mol. The lowest BCUT2D eigenvalue weighted by atomic mass is 10.1. The van der Waals surface area contributed by atoms with Crippen molar-refractivity contribution in [2.24, 2.45) is 0 Å². The van der Waals surface area contributed by atoms with Crippen molar-refractivity contribution < 1.29 is 14.3 Å². The lowest BCUT2D eigenvalue weighted by molar-refractivity contribution is -0.142. The van der Waals surface area contributed by atoms with Crippen LogP contribution in [0.5, 0.6) is 0 Å². The Hall–Kier alpha value is -1.52. The SMILES string of the molecule is COC(=O)CC1NC(N(C)C)=CC1=O. The van der Waals surface area contributed by atoms with Crippen LogP contribution in [0.1, 0.15) is 6.42 Å². The van der Waals surface area contributed by atoms with Crippen LogP contribution < -0.4 is 5.32 Å². The summed E-state index contributed by atoms with van der Waals surface area (Å²) in [5.41, 5.74) is 0. The molecule has 1 unspecified atom stereocenters. The number of esters is 1. The molecule has 0 fully saturated rings. The van der Waals surface area contributed by atoms with E-state index in [0.717, 1.165) is 5.82 Å². The first-order valence-corrected chi connectivity index (χ1v) is 4.31. The Bertz CT molecular complexity index is 284. The maximum Gasteiger partial charge on any atom is 0.308 e. The third kappa shape index (κ3) is 2.25. The van der Waals surface area contributed by atoms with E-state index in [1.54, 1.807) is 4.90 Å². The van der Waals surface area contributed by atoms with Crippen LogP contribution in [-0.4, -0.2) is 43.9 Å². The predicted octanol–water partition coefficient (Wildman–Crippen LogP) is -0.507. The van der Waals surface area contributed by atoms with E-state index in [1.165, 1.54) is 13.2 Å². The van der Waals surface area contributed by atoms with E-state index in [4.69, 9.17) is 0 Å². The molecule has 0 saturated carbocycles. The van der Waals surface area contributed by atoms with Gasteiger partial charge in [0.2, 0.25) is 0 Å². The van der Waals surface area contributed by atoms with Crippen molar-refractivity contribution in [3.63, 3.8) is 0 Å². The first kappa shape index (κ1) is 10.6. The van der Waals surface area contributed by atoms with Gasteiger partial charge in [0, 0.05) is 20.2 Å². The highest BCUT2D eigenvalue weighted by atomic mass is 16.5. The summed E-state index contributed by atoms with van der Waals surface area (Å²) < 4.78 is 4.49. The zero-order valence-corrected chi connectivity index (χ0v) is 8.53. The number of nitrogens with one attached hydrogen (secondary N) is 1. The fraction of sp³-hybridized carbons (Fsp3) is 0.556. The summed E-state index contributed by atoms with van der Waals surface area (Å²) in [5.74, 6) is 0.257. The second kappa shape index (κ2) is 4.13. The molecule has 0 bridgehead atoms. The standard InChI is InChI=1S/C9H14N2O3/c1-11(2)8-5-7(12)6(10-8)4-9(13)14-3/h5-6,10H,4H2,1-3H3. The van der Waals surface area contributed by atoms with E-state index in [9.17, 15) is 9.59 Å². The van der Waals surface area contributed by atoms with Crippen molar-refractivity contribution in [1.82, 2.24) is 10.2 Å². The van der Waals surface area contributed by atoms with Gasteiger partial charge in [0.15, 0.2) is 5.78 Å². The van der Waals surface area contributed by atoms with Crippen LogP contribution in [0.15, 0.2) is 11.9 Å². The number of nitrogens with zero attached hydrogens (tertiary/aromatic N) is 1. The lowest BCUT2D eigenvalue weighted by Crippen LogP contribution is -2.34. The van der Waals surface area contributed by atoms with Crippen molar-refractivity contribution >= 4 is 11.8 Å². The number of rotatable bonds is 3. The first-order valence-electron chi connectivity index (χ1n) is 4.31. The van der Waals surface area contributed by atoms with Gasteiger partial charge in [-0.15, -0.1) is 0 Å². The molecule has 0 radical (unpaired) electrons. The van der Waals surface area contributed by atoms with Gasteiger partial charge >= 0.3 is 5.97 Å². The molecule has 0 aliphatic carbocycles. The third-order valence-corrected chi connectivity index (χ3v) is 2.02. The van der Waals surface area contributed by atoms with Crippen LogP contribution in [0.2, 0.25) is 0 Å². The van der Waals surface area contributed by atoms with E-state index in [0.29, 0.717) is 0 Å². The molecule has 5 nitrogen and oxygen atoms in total. The molecule has 1 aliphatic rings. The number of hydrogen-bond acceptors (Lipinski definition) is 5. The fourth-order valence-corrected chi connectivity index (χ4v) is 1.19. The van der Waals surface area contributed by atoms with Crippen LogP contribution in [-0.2, 0) is 14.3 Å². The molecule has 0 aromatic carbocycles. The molecule has 1 aliphatic heterocycles. The summed E-state index contributed by atoms with van der Waals surface area (Å²) in [6, 6.07) is -0.472. The molecule has 1 N–H and O–H groups in total. The Morgan fingerprint density at radius 2 is 2.29 bits per heavy atom. The molecule has 14 heavy (non-hydrogen) atoms. The van der Waals surface area contributed by atoms with Gasteiger partial charge in [-0.2, -0.15) is 0 Å². The maximum absolute atomic E-state index is 11.4. The Morgan fingerprint density at radius 1 is 1.64 bits per heavy atom. The number of methoxy groups -OCH3 is 1. The quantitative estimate of drug-likeness (QED) is 0.619. The first-order chi connectivity index (χ1) is 6.54. The molecule has 0 aromatic rings. The summed E-state index contributed by atoms with van der Waals surface area (Å²) in [7, 11) is 4.96. The molecule has 0 spiro atoms. The van der Waals surface area contributed by atoms with Crippen LogP contribution in [0.25, 0.3) is 0 Å². The molecular formula is C9H14N2O3. The number of hydrogen-bond donors (Lipinski definition) is 1. The molecule has 5 heteroatoms. The highest BCUT2D eigenvalue weighted by molar-refractivity contribution is 5.99.